The summed E-state index contributed by atoms with van der Waals surface area (Å²) >= 11 is 11.7. The zero-order valence-electron chi connectivity index (χ0n) is 10.6. The number of hydrogen-bond acceptors (Lipinski definition) is 2. The van der Waals surface area contributed by atoms with Crippen LogP contribution in [0.15, 0.2) is 48.5 Å². The van der Waals surface area contributed by atoms with Gasteiger partial charge in [-0.2, -0.15) is 0 Å². The van der Waals surface area contributed by atoms with Crippen LogP contribution in [0.5, 0.6) is 5.75 Å². The van der Waals surface area contributed by atoms with Crippen molar-refractivity contribution in [2.75, 3.05) is 13.2 Å². The van der Waals surface area contributed by atoms with Crippen LogP contribution in [0.2, 0.25) is 10.0 Å². The lowest BCUT2D eigenvalue weighted by Gasteiger charge is -2.08. The van der Waals surface area contributed by atoms with Crippen LogP contribution in [0.4, 0.5) is 0 Å². The number of benzene rings is 2. The third-order valence-electron chi connectivity index (χ3n) is 2.52. The monoisotopic (exact) mass is 309 g/mol. The Morgan fingerprint density at radius 1 is 1.05 bits per heavy atom. The molecule has 0 fully saturated rings. The smallest absolute Gasteiger partial charge is 0.251 e. The Balaban J connectivity index is 1.80. The van der Waals surface area contributed by atoms with E-state index in [0.717, 1.165) is 5.75 Å². The summed E-state index contributed by atoms with van der Waals surface area (Å²) in [7, 11) is 0. The van der Waals surface area contributed by atoms with Crippen LogP contribution in [-0.2, 0) is 0 Å². The number of rotatable bonds is 5. The SMILES string of the molecule is O=C(NCCOc1ccccc1)c1cc(Cl)cc(Cl)c1. The Morgan fingerprint density at radius 3 is 2.35 bits per heavy atom. The van der Waals surface area contributed by atoms with Gasteiger partial charge in [0.05, 0.1) is 6.54 Å². The van der Waals surface area contributed by atoms with E-state index in [1.54, 1.807) is 18.2 Å². The molecule has 0 saturated carbocycles. The van der Waals surface area contributed by atoms with Crippen molar-refractivity contribution in [3.05, 3.63) is 64.1 Å². The summed E-state index contributed by atoms with van der Waals surface area (Å²) in [5.41, 5.74) is 0.433. The molecule has 2 rings (SSSR count). The number of halogens is 2. The normalized spacial score (nSPS) is 10.1. The van der Waals surface area contributed by atoms with Crippen LogP contribution < -0.4 is 10.1 Å². The lowest BCUT2D eigenvalue weighted by molar-refractivity contribution is 0.0947. The third kappa shape index (κ3) is 4.44. The molecule has 0 radical (unpaired) electrons. The van der Waals surface area contributed by atoms with Gasteiger partial charge in [-0.05, 0) is 30.3 Å². The predicted octanol–water partition coefficient (Wildman–Crippen LogP) is 3.80. The van der Waals surface area contributed by atoms with Gasteiger partial charge in [-0.3, -0.25) is 4.79 Å². The summed E-state index contributed by atoms with van der Waals surface area (Å²) in [5, 5.41) is 3.61. The minimum atomic E-state index is -0.230. The van der Waals surface area contributed by atoms with E-state index in [4.69, 9.17) is 27.9 Å². The summed E-state index contributed by atoms with van der Waals surface area (Å²) < 4.78 is 5.47. The maximum Gasteiger partial charge on any atom is 0.251 e. The molecule has 0 aromatic heterocycles. The quantitative estimate of drug-likeness (QED) is 0.853. The number of carbonyl (C=O) groups is 1. The molecule has 2 aromatic rings. The Labute approximate surface area is 127 Å². The number of ether oxygens (including phenoxy) is 1. The van der Waals surface area contributed by atoms with Crippen molar-refractivity contribution in [3.8, 4) is 5.75 Å². The summed E-state index contributed by atoms with van der Waals surface area (Å²) in [6, 6.07) is 14.1. The predicted molar refractivity (Wildman–Crippen MR) is 80.7 cm³/mol. The van der Waals surface area contributed by atoms with E-state index in [1.807, 2.05) is 30.3 Å². The molecule has 0 aliphatic carbocycles. The van der Waals surface area contributed by atoms with Gasteiger partial charge < -0.3 is 10.1 Å². The Hall–Kier alpha value is -1.71. The van der Waals surface area contributed by atoms with E-state index >= 15 is 0 Å². The number of para-hydroxylation sites is 1. The number of nitrogens with one attached hydrogen (secondary N) is 1. The van der Waals surface area contributed by atoms with E-state index in [0.29, 0.717) is 28.8 Å². The molecule has 0 unspecified atom stereocenters. The fourth-order valence-corrected chi connectivity index (χ4v) is 2.16. The maximum absolute atomic E-state index is 11.9. The lowest BCUT2D eigenvalue weighted by atomic mass is 10.2. The second-order valence-electron chi connectivity index (χ2n) is 4.08. The van der Waals surface area contributed by atoms with Gasteiger partial charge in [0.2, 0.25) is 0 Å². The van der Waals surface area contributed by atoms with Crippen LogP contribution in [-0.4, -0.2) is 19.1 Å². The minimum Gasteiger partial charge on any atom is -0.492 e. The van der Waals surface area contributed by atoms with Crippen molar-refractivity contribution >= 4 is 29.1 Å². The zero-order valence-corrected chi connectivity index (χ0v) is 12.1. The molecule has 0 atom stereocenters. The molecule has 2 aromatic carbocycles. The molecule has 0 aliphatic rings. The largest absolute Gasteiger partial charge is 0.492 e. The summed E-state index contributed by atoms with van der Waals surface area (Å²) in [6.45, 7) is 0.794. The zero-order chi connectivity index (χ0) is 14.4. The highest BCUT2D eigenvalue weighted by atomic mass is 35.5. The van der Waals surface area contributed by atoms with E-state index in [2.05, 4.69) is 5.32 Å². The van der Waals surface area contributed by atoms with Gasteiger partial charge in [-0.15, -0.1) is 0 Å². The average Bonchev–Trinajstić information content (AvgIpc) is 2.43. The highest BCUT2D eigenvalue weighted by Crippen LogP contribution is 2.18. The van der Waals surface area contributed by atoms with Crippen molar-refractivity contribution in [1.29, 1.82) is 0 Å². The standard InChI is InChI=1S/C15H13Cl2NO2/c16-12-8-11(9-13(17)10-12)15(19)18-6-7-20-14-4-2-1-3-5-14/h1-5,8-10H,6-7H2,(H,18,19). The molecule has 3 nitrogen and oxygen atoms in total. The second kappa shape index (κ2) is 7.17. The van der Waals surface area contributed by atoms with Crippen molar-refractivity contribution < 1.29 is 9.53 Å². The second-order valence-corrected chi connectivity index (χ2v) is 4.95. The van der Waals surface area contributed by atoms with Gasteiger partial charge in [-0.1, -0.05) is 41.4 Å². The molecule has 0 spiro atoms. The number of amides is 1. The van der Waals surface area contributed by atoms with Crippen LogP contribution in [0.3, 0.4) is 0 Å². The van der Waals surface area contributed by atoms with E-state index in [-0.39, 0.29) is 5.91 Å². The Bertz CT molecular complexity index is 567. The molecule has 1 N–H and O–H groups in total. The van der Waals surface area contributed by atoms with Crippen LogP contribution in [0.25, 0.3) is 0 Å². The van der Waals surface area contributed by atoms with Crippen molar-refractivity contribution in [3.63, 3.8) is 0 Å². The lowest BCUT2D eigenvalue weighted by Crippen LogP contribution is -2.28. The average molecular weight is 310 g/mol. The first-order chi connectivity index (χ1) is 9.65. The molecular formula is C15H13Cl2NO2. The van der Waals surface area contributed by atoms with Crippen LogP contribution in [0.1, 0.15) is 10.4 Å². The summed E-state index contributed by atoms with van der Waals surface area (Å²) in [5.74, 6) is 0.540. The molecule has 1 amide bonds. The first-order valence-corrected chi connectivity index (χ1v) is 6.83. The van der Waals surface area contributed by atoms with Gasteiger partial charge >= 0.3 is 0 Å². The minimum absolute atomic E-state index is 0.230. The first-order valence-electron chi connectivity index (χ1n) is 6.07. The van der Waals surface area contributed by atoms with Gasteiger partial charge in [0.1, 0.15) is 12.4 Å². The summed E-state index contributed by atoms with van der Waals surface area (Å²) in [4.78, 5) is 11.9. The van der Waals surface area contributed by atoms with Crippen molar-refractivity contribution in [2.45, 2.75) is 0 Å². The molecular weight excluding hydrogens is 297 g/mol. The summed E-state index contributed by atoms with van der Waals surface area (Å²) in [6.07, 6.45) is 0. The number of hydrogen-bond donors (Lipinski definition) is 1. The molecule has 0 bridgehead atoms. The van der Waals surface area contributed by atoms with E-state index < -0.39 is 0 Å². The van der Waals surface area contributed by atoms with Gasteiger partial charge in [0.25, 0.3) is 5.91 Å². The van der Waals surface area contributed by atoms with E-state index in [1.165, 1.54) is 0 Å². The van der Waals surface area contributed by atoms with Crippen molar-refractivity contribution in [1.82, 2.24) is 5.32 Å². The molecule has 0 saturated heterocycles. The number of carbonyl (C=O) groups excluding carboxylic acids is 1. The highest BCUT2D eigenvalue weighted by molar-refractivity contribution is 6.35. The molecule has 20 heavy (non-hydrogen) atoms. The van der Waals surface area contributed by atoms with Crippen LogP contribution in [0, 0.1) is 0 Å². The first kappa shape index (κ1) is 14.7. The Kier molecular flexibility index (Phi) is 5.27. The third-order valence-corrected chi connectivity index (χ3v) is 2.96. The van der Waals surface area contributed by atoms with Crippen LogP contribution >= 0.6 is 23.2 Å². The maximum atomic E-state index is 11.9. The Morgan fingerprint density at radius 2 is 1.70 bits per heavy atom. The highest BCUT2D eigenvalue weighted by Gasteiger charge is 2.07. The topological polar surface area (TPSA) is 38.3 Å². The molecule has 104 valence electrons. The van der Waals surface area contributed by atoms with Crippen molar-refractivity contribution in [2.24, 2.45) is 0 Å². The fourth-order valence-electron chi connectivity index (χ4n) is 1.64. The van der Waals surface area contributed by atoms with E-state index in [9.17, 15) is 4.79 Å². The van der Waals surface area contributed by atoms with Gasteiger partial charge in [0.15, 0.2) is 0 Å². The van der Waals surface area contributed by atoms with Gasteiger partial charge in [0, 0.05) is 15.6 Å². The van der Waals surface area contributed by atoms with Gasteiger partial charge in [-0.25, -0.2) is 0 Å². The molecule has 0 heterocycles. The molecule has 0 aliphatic heterocycles. The fraction of sp³-hybridized carbons (Fsp3) is 0.133. The molecule has 5 heteroatoms.